The summed E-state index contributed by atoms with van der Waals surface area (Å²) in [6.07, 6.45) is 5.58. The standard InChI is InChI=1S/C27H34O5/c1-4-9-23(21-10-6-5-7-11-21)18-30-24-14-15-26(27(17-24)32-20(3)29)22-12-8-13-25(16-22)31-19(2)28/h5-7,10-11,14-15,17,22-23,25H,4,8-9,12-13,16,18H2,1-3H3. The Labute approximate surface area is 191 Å². The Hall–Kier alpha value is -2.82. The molecule has 3 rings (SSSR count). The maximum atomic E-state index is 11.8. The second kappa shape index (κ2) is 11.7. The number of benzene rings is 2. The third kappa shape index (κ3) is 6.84. The molecule has 2 aromatic carbocycles. The fourth-order valence-electron chi connectivity index (χ4n) is 4.57. The summed E-state index contributed by atoms with van der Waals surface area (Å²) in [5, 5.41) is 0. The SMILES string of the molecule is CCCC(COc1ccc(C2CCCC(OC(C)=O)C2)c(OC(C)=O)c1)c1ccccc1. The van der Waals surface area contributed by atoms with Crippen LogP contribution in [-0.2, 0) is 14.3 Å². The van der Waals surface area contributed by atoms with E-state index >= 15 is 0 Å². The molecule has 5 nitrogen and oxygen atoms in total. The highest BCUT2D eigenvalue weighted by molar-refractivity contribution is 5.70. The van der Waals surface area contributed by atoms with Crippen LogP contribution in [0.1, 0.15) is 82.3 Å². The predicted octanol–water partition coefficient (Wildman–Crippen LogP) is 6.16. The van der Waals surface area contributed by atoms with E-state index in [0.29, 0.717) is 24.0 Å². The van der Waals surface area contributed by atoms with Crippen LogP contribution in [0.4, 0.5) is 0 Å². The Morgan fingerprint density at radius 3 is 2.50 bits per heavy atom. The van der Waals surface area contributed by atoms with Crippen molar-refractivity contribution < 1.29 is 23.8 Å². The van der Waals surface area contributed by atoms with Crippen LogP contribution in [0.15, 0.2) is 48.5 Å². The van der Waals surface area contributed by atoms with Crippen molar-refractivity contribution in [3.8, 4) is 11.5 Å². The van der Waals surface area contributed by atoms with Gasteiger partial charge in [0.1, 0.15) is 17.6 Å². The Morgan fingerprint density at radius 1 is 1.03 bits per heavy atom. The van der Waals surface area contributed by atoms with Gasteiger partial charge in [0.25, 0.3) is 0 Å². The summed E-state index contributed by atoms with van der Waals surface area (Å²) in [6, 6.07) is 16.2. The van der Waals surface area contributed by atoms with Gasteiger partial charge >= 0.3 is 11.9 Å². The van der Waals surface area contributed by atoms with Crippen molar-refractivity contribution in [1.82, 2.24) is 0 Å². The molecule has 1 aliphatic carbocycles. The zero-order valence-corrected chi connectivity index (χ0v) is 19.3. The highest BCUT2D eigenvalue weighted by Gasteiger charge is 2.28. The maximum Gasteiger partial charge on any atom is 0.308 e. The molecule has 172 valence electrons. The average molecular weight is 439 g/mol. The zero-order valence-electron chi connectivity index (χ0n) is 19.3. The average Bonchev–Trinajstić information content (AvgIpc) is 2.76. The molecule has 0 bridgehead atoms. The fourth-order valence-corrected chi connectivity index (χ4v) is 4.57. The van der Waals surface area contributed by atoms with E-state index < -0.39 is 0 Å². The summed E-state index contributed by atoms with van der Waals surface area (Å²) in [5.41, 5.74) is 2.24. The largest absolute Gasteiger partial charge is 0.493 e. The normalized spacial score (nSPS) is 19.1. The number of esters is 2. The minimum Gasteiger partial charge on any atom is -0.493 e. The first kappa shape index (κ1) is 23.8. The second-order valence-corrected chi connectivity index (χ2v) is 8.60. The van der Waals surface area contributed by atoms with Gasteiger partial charge in [0, 0.05) is 25.8 Å². The van der Waals surface area contributed by atoms with Crippen molar-refractivity contribution in [2.45, 2.75) is 77.2 Å². The molecule has 0 heterocycles. The third-order valence-corrected chi connectivity index (χ3v) is 6.00. The number of rotatable bonds is 9. The Balaban J connectivity index is 1.75. The molecule has 5 heteroatoms. The number of hydrogen-bond donors (Lipinski definition) is 0. The summed E-state index contributed by atoms with van der Waals surface area (Å²) in [5.74, 6) is 1.10. The van der Waals surface area contributed by atoms with Crippen LogP contribution in [0.25, 0.3) is 0 Å². The van der Waals surface area contributed by atoms with Gasteiger partial charge in [-0.05, 0) is 55.2 Å². The van der Waals surface area contributed by atoms with Gasteiger partial charge in [0.15, 0.2) is 0 Å². The monoisotopic (exact) mass is 438 g/mol. The van der Waals surface area contributed by atoms with Crippen molar-refractivity contribution in [1.29, 1.82) is 0 Å². The Morgan fingerprint density at radius 2 is 1.81 bits per heavy atom. The van der Waals surface area contributed by atoms with Gasteiger partial charge in [0.2, 0.25) is 0 Å². The smallest absolute Gasteiger partial charge is 0.308 e. The molecule has 32 heavy (non-hydrogen) atoms. The minimum atomic E-state index is -0.358. The van der Waals surface area contributed by atoms with Crippen LogP contribution in [0.3, 0.4) is 0 Å². The molecule has 2 aromatic rings. The minimum absolute atomic E-state index is 0.0898. The molecule has 3 unspecified atom stereocenters. The van der Waals surface area contributed by atoms with Crippen LogP contribution in [-0.4, -0.2) is 24.6 Å². The van der Waals surface area contributed by atoms with Crippen LogP contribution < -0.4 is 9.47 Å². The van der Waals surface area contributed by atoms with Gasteiger partial charge in [-0.25, -0.2) is 0 Å². The molecule has 0 aliphatic heterocycles. The molecular formula is C27H34O5. The first-order chi connectivity index (χ1) is 15.5. The number of hydrogen-bond acceptors (Lipinski definition) is 5. The van der Waals surface area contributed by atoms with Gasteiger partial charge < -0.3 is 14.2 Å². The second-order valence-electron chi connectivity index (χ2n) is 8.60. The van der Waals surface area contributed by atoms with Crippen molar-refractivity contribution in [2.24, 2.45) is 0 Å². The lowest BCUT2D eigenvalue weighted by atomic mass is 9.82. The highest BCUT2D eigenvalue weighted by atomic mass is 16.5. The van der Waals surface area contributed by atoms with Crippen LogP contribution in [0, 0.1) is 0 Å². The molecule has 1 fully saturated rings. The van der Waals surface area contributed by atoms with Gasteiger partial charge in [-0.1, -0.05) is 49.7 Å². The molecule has 0 N–H and O–H groups in total. The quantitative estimate of drug-likeness (QED) is 0.346. The highest BCUT2D eigenvalue weighted by Crippen LogP contribution is 2.40. The summed E-state index contributed by atoms with van der Waals surface area (Å²) in [7, 11) is 0. The summed E-state index contributed by atoms with van der Waals surface area (Å²) < 4.78 is 17.2. The molecule has 0 saturated heterocycles. The van der Waals surface area contributed by atoms with E-state index in [-0.39, 0.29) is 24.0 Å². The summed E-state index contributed by atoms with van der Waals surface area (Å²) in [6.45, 7) is 5.60. The number of ether oxygens (including phenoxy) is 3. The Kier molecular flexibility index (Phi) is 8.72. The molecule has 0 aromatic heterocycles. The van der Waals surface area contributed by atoms with Gasteiger partial charge in [-0.2, -0.15) is 0 Å². The van der Waals surface area contributed by atoms with Crippen molar-refractivity contribution in [2.75, 3.05) is 6.61 Å². The van der Waals surface area contributed by atoms with Gasteiger partial charge in [0.05, 0.1) is 6.61 Å². The van der Waals surface area contributed by atoms with Gasteiger partial charge in [-0.15, -0.1) is 0 Å². The number of carbonyl (C=O) groups is 2. The first-order valence-electron chi connectivity index (χ1n) is 11.6. The van der Waals surface area contributed by atoms with Crippen molar-refractivity contribution in [3.63, 3.8) is 0 Å². The molecular weight excluding hydrogens is 404 g/mol. The summed E-state index contributed by atoms with van der Waals surface area (Å²) >= 11 is 0. The number of carbonyl (C=O) groups excluding carboxylic acids is 2. The molecule has 1 aliphatic rings. The van der Waals surface area contributed by atoms with E-state index in [4.69, 9.17) is 14.2 Å². The molecule has 0 spiro atoms. The lowest BCUT2D eigenvalue weighted by molar-refractivity contribution is -0.148. The lowest BCUT2D eigenvalue weighted by Gasteiger charge is -2.30. The van der Waals surface area contributed by atoms with Crippen molar-refractivity contribution >= 4 is 11.9 Å². The van der Waals surface area contributed by atoms with Crippen molar-refractivity contribution in [3.05, 3.63) is 59.7 Å². The Bertz CT molecular complexity index is 892. The third-order valence-electron chi connectivity index (χ3n) is 6.00. The van der Waals surface area contributed by atoms with Crippen LogP contribution in [0.5, 0.6) is 11.5 Å². The molecule has 3 atom stereocenters. The zero-order chi connectivity index (χ0) is 22.9. The van der Waals surface area contributed by atoms with Crippen LogP contribution in [0.2, 0.25) is 0 Å². The van der Waals surface area contributed by atoms with Gasteiger partial charge in [-0.3, -0.25) is 9.59 Å². The van der Waals surface area contributed by atoms with E-state index in [1.165, 1.54) is 19.4 Å². The molecule has 0 radical (unpaired) electrons. The van der Waals surface area contributed by atoms with E-state index in [1.807, 2.05) is 24.3 Å². The topological polar surface area (TPSA) is 61.8 Å². The molecule has 0 amide bonds. The predicted molar refractivity (Wildman–Crippen MR) is 124 cm³/mol. The van der Waals surface area contributed by atoms with Crippen LogP contribution >= 0.6 is 0 Å². The maximum absolute atomic E-state index is 11.8. The van der Waals surface area contributed by atoms with E-state index in [1.54, 1.807) is 0 Å². The van der Waals surface area contributed by atoms with E-state index in [9.17, 15) is 9.59 Å². The van der Waals surface area contributed by atoms with E-state index in [2.05, 4.69) is 31.2 Å². The lowest BCUT2D eigenvalue weighted by Crippen LogP contribution is -2.24. The molecule has 1 saturated carbocycles. The summed E-state index contributed by atoms with van der Waals surface area (Å²) in [4.78, 5) is 23.2. The fraction of sp³-hybridized carbons (Fsp3) is 0.481. The first-order valence-corrected chi connectivity index (χ1v) is 11.6. The van der Waals surface area contributed by atoms with E-state index in [0.717, 1.165) is 44.1 Å².